The SMILES string of the molecule is CN(CCO)C(=O)Nc1ccc(Br)cc1F. The van der Waals surface area contributed by atoms with Gasteiger partial charge in [-0.2, -0.15) is 0 Å². The van der Waals surface area contributed by atoms with Crippen molar-refractivity contribution >= 4 is 27.6 Å². The molecule has 0 spiro atoms. The lowest BCUT2D eigenvalue weighted by Gasteiger charge is -2.16. The largest absolute Gasteiger partial charge is 0.395 e. The summed E-state index contributed by atoms with van der Waals surface area (Å²) in [4.78, 5) is 12.7. The summed E-state index contributed by atoms with van der Waals surface area (Å²) >= 11 is 3.12. The predicted molar refractivity (Wildman–Crippen MR) is 62.8 cm³/mol. The Balaban J connectivity index is 2.69. The van der Waals surface area contributed by atoms with Gasteiger partial charge in [-0.15, -0.1) is 0 Å². The summed E-state index contributed by atoms with van der Waals surface area (Å²) < 4.78 is 14.0. The molecule has 0 radical (unpaired) electrons. The van der Waals surface area contributed by atoms with Gasteiger partial charge in [0.05, 0.1) is 12.3 Å². The molecule has 88 valence electrons. The van der Waals surface area contributed by atoms with Crippen molar-refractivity contribution in [1.82, 2.24) is 4.90 Å². The molecule has 0 saturated heterocycles. The molecule has 0 unspecified atom stereocenters. The highest BCUT2D eigenvalue weighted by atomic mass is 79.9. The number of hydrogen-bond acceptors (Lipinski definition) is 2. The standard InChI is InChI=1S/C10H12BrFN2O2/c1-14(4-5-15)10(16)13-9-3-2-7(11)6-8(9)12/h2-3,6,15H,4-5H2,1H3,(H,13,16). The normalized spacial score (nSPS) is 10.0. The number of carbonyl (C=O) groups excluding carboxylic acids is 1. The quantitative estimate of drug-likeness (QED) is 0.895. The van der Waals surface area contributed by atoms with Crippen LogP contribution < -0.4 is 5.32 Å². The van der Waals surface area contributed by atoms with Crippen LogP contribution in [0.3, 0.4) is 0 Å². The molecule has 0 aromatic heterocycles. The zero-order valence-electron chi connectivity index (χ0n) is 8.70. The first kappa shape index (κ1) is 12.9. The molecule has 1 aromatic carbocycles. The molecule has 0 atom stereocenters. The Labute approximate surface area is 101 Å². The van der Waals surface area contributed by atoms with Gasteiger partial charge in [0.2, 0.25) is 0 Å². The summed E-state index contributed by atoms with van der Waals surface area (Å²) in [6.07, 6.45) is 0. The van der Waals surface area contributed by atoms with Gasteiger partial charge in [-0.25, -0.2) is 9.18 Å². The molecule has 0 bridgehead atoms. The van der Waals surface area contributed by atoms with Gasteiger partial charge in [-0.1, -0.05) is 15.9 Å². The molecule has 0 saturated carbocycles. The van der Waals surface area contributed by atoms with Gasteiger partial charge in [0.25, 0.3) is 0 Å². The monoisotopic (exact) mass is 290 g/mol. The van der Waals surface area contributed by atoms with Crippen LogP contribution in [0.1, 0.15) is 0 Å². The van der Waals surface area contributed by atoms with Crippen molar-refractivity contribution in [2.75, 3.05) is 25.5 Å². The maximum atomic E-state index is 13.3. The second-order valence-electron chi connectivity index (χ2n) is 3.20. The Morgan fingerprint density at radius 2 is 2.31 bits per heavy atom. The molecule has 0 heterocycles. The van der Waals surface area contributed by atoms with Crippen LogP contribution in [-0.2, 0) is 0 Å². The van der Waals surface area contributed by atoms with E-state index in [-0.39, 0.29) is 18.8 Å². The summed E-state index contributed by atoms with van der Waals surface area (Å²) in [5.41, 5.74) is 0.109. The third kappa shape index (κ3) is 3.46. The molecule has 0 fully saturated rings. The lowest BCUT2D eigenvalue weighted by atomic mass is 10.3. The second kappa shape index (κ2) is 5.81. The van der Waals surface area contributed by atoms with Crippen LogP contribution in [0.4, 0.5) is 14.9 Å². The molecule has 1 aromatic rings. The molecule has 0 aliphatic rings. The van der Waals surface area contributed by atoms with E-state index in [2.05, 4.69) is 21.2 Å². The summed E-state index contributed by atoms with van der Waals surface area (Å²) in [5, 5.41) is 11.0. The van der Waals surface area contributed by atoms with E-state index in [1.165, 1.54) is 24.1 Å². The summed E-state index contributed by atoms with van der Waals surface area (Å²) in [7, 11) is 1.52. The highest BCUT2D eigenvalue weighted by molar-refractivity contribution is 9.10. The first-order valence-corrected chi connectivity index (χ1v) is 5.42. The third-order valence-corrected chi connectivity index (χ3v) is 2.45. The summed E-state index contributed by atoms with van der Waals surface area (Å²) in [6, 6.07) is 3.89. The Hall–Kier alpha value is -1.14. The smallest absolute Gasteiger partial charge is 0.321 e. The number of anilines is 1. The lowest BCUT2D eigenvalue weighted by molar-refractivity contribution is 0.202. The minimum atomic E-state index is -0.514. The van der Waals surface area contributed by atoms with Gasteiger partial charge in [-0.3, -0.25) is 0 Å². The fourth-order valence-corrected chi connectivity index (χ4v) is 1.39. The molecule has 16 heavy (non-hydrogen) atoms. The van der Waals surface area contributed by atoms with Crippen molar-refractivity contribution in [2.24, 2.45) is 0 Å². The minimum Gasteiger partial charge on any atom is -0.395 e. The Morgan fingerprint density at radius 1 is 1.62 bits per heavy atom. The highest BCUT2D eigenvalue weighted by Gasteiger charge is 2.10. The molecule has 0 aliphatic heterocycles. The van der Waals surface area contributed by atoms with Crippen LogP contribution in [0.2, 0.25) is 0 Å². The first-order chi connectivity index (χ1) is 7.54. The number of aliphatic hydroxyl groups is 1. The van der Waals surface area contributed by atoms with E-state index in [0.717, 1.165) is 0 Å². The van der Waals surface area contributed by atoms with Crippen LogP contribution >= 0.6 is 15.9 Å². The lowest BCUT2D eigenvalue weighted by Crippen LogP contribution is -2.33. The zero-order valence-corrected chi connectivity index (χ0v) is 10.3. The van der Waals surface area contributed by atoms with Gasteiger partial charge in [0.1, 0.15) is 5.82 Å². The molecule has 2 amide bonds. The van der Waals surface area contributed by atoms with Crippen molar-refractivity contribution in [3.8, 4) is 0 Å². The maximum absolute atomic E-state index is 13.3. The van der Waals surface area contributed by atoms with Crippen molar-refractivity contribution in [2.45, 2.75) is 0 Å². The van der Waals surface area contributed by atoms with Crippen molar-refractivity contribution in [3.05, 3.63) is 28.5 Å². The average molecular weight is 291 g/mol. The van der Waals surface area contributed by atoms with Gasteiger partial charge in [0, 0.05) is 18.1 Å². The number of nitrogens with zero attached hydrogens (tertiary/aromatic N) is 1. The van der Waals surface area contributed by atoms with E-state index in [0.29, 0.717) is 4.47 Å². The number of likely N-dealkylation sites (N-methyl/N-ethyl adjacent to an activating group) is 1. The number of aliphatic hydroxyl groups excluding tert-OH is 1. The highest BCUT2D eigenvalue weighted by Crippen LogP contribution is 2.19. The van der Waals surface area contributed by atoms with E-state index in [1.54, 1.807) is 6.07 Å². The fourth-order valence-electron chi connectivity index (χ4n) is 1.05. The topological polar surface area (TPSA) is 52.6 Å². The van der Waals surface area contributed by atoms with Gasteiger partial charge in [0.15, 0.2) is 0 Å². The molecular formula is C10H12BrFN2O2. The minimum absolute atomic E-state index is 0.109. The third-order valence-electron chi connectivity index (χ3n) is 1.95. The number of amides is 2. The zero-order chi connectivity index (χ0) is 12.1. The number of carbonyl (C=O) groups is 1. The first-order valence-electron chi connectivity index (χ1n) is 4.62. The molecular weight excluding hydrogens is 279 g/mol. The van der Waals surface area contributed by atoms with E-state index in [1.807, 2.05) is 0 Å². The van der Waals surface area contributed by atoms with Crippen LogP contribution in [0.25, 0.3) is 0 Å². The molecule has 6 heteroatoms. The Bertz CT molecular complexity index is 387. The molecule has 0 aliphatic carbocycles. The molecule has 2 N–H and O–H groups in total. The number of benzene rings is 1. The van der Waals surface area contributed by atoms with Gasteiger partial charge >= 0.3 is 6.03 Å². The van der Waals surface area contributed by atoms with Crippen molar-refractivity contribution in [1.29, 1.82) is 0 Å². The second-order valence-corrected chi connectivity index (χ2v) is 4.12. The van der Waals surface area contributed by atoms with E-state index in [9.17, 15) is 9.18 Å². The average Bonchev–Trinajstić information content (AvgIpc) is 2.22. The number of urea groups is 1. The van der Waals surface area contributed by atoms with E-state index >= 15 is 0 Å². The number of rotatable bonds is 3. The summed E-state index contributed by atoms with van der Waals surface area (Å²) in [6.45, 7) is 0.0662. The fraction of sp³-hybridized carbons (Fsp3) is 0.300. The van der Waals surface area contributed by atoms with Crippen LogP contribution in [-0.4, -0.2) is 36.2 Å². The van der Waals surface area contributed by atoms with Crippen molar-refractivity contribution < 1.29 is 14.3 Å². The van der Waals surface area contributed by atoms with Gasteiger partial charge in [-0.05, 0) is 18.2 Å². The van der Waals surface area contributed by atoms with Crippen molar-refractivity contribution in [3.63, 3.8) is 0 Å². The summed E-state index contributed by atoms with van der Waals surface area (Å²) in [5.74, 6) is -0.514. The number of nitrogens with one attached hydrogen (secondary N) is 1. The van der Waals surface area contributed by atoms with Crippen LogP contribution in [0.5, 0.6) is 0 Å². The van der Waals surface area contributed by atoms with Gasteiger partial charge < -0.3 is 15.3 Å². The van der Waals surface area contributed by atoms with Crippen LogP contribution in [0, 0.1) is 5.82 Å². The number of halogens is 2. The predicted octanol–water partition coefficient (Wildman–Crippen LogP) is 2.04. The van der Waals surface area contributed by atoms with E-state index < -0.39 is 11.8 Å². The Morgan fingerprint density at radius 3 is 2.88 bits per heavy atom. The Kier molecular flexibility index (Phi) is 4.70. The maximum Gasteiger partial charge on any atom is 0.321 e. The van der Waals surface area contributed by atoms with Crippen LogP contribution in [0.15, 0.2) is 22.7 Å². The molecule has 4 nitrogen and oxygen atoms in total. The number of hydrogen-bond donors (Lipinski definition) is 2. The molecule has 1 rings (SSSR count). The van der Waals surface area contributed by atoms with E-state index in [4.69, 9.17) is 5.11 Å².